The SMILES string of the molecule is O=C1CNC(=O)N1c1cccc(N2CCCC2)c1. The van der Waals surface area contributed by atoms with Crippen molar-refractivity contribution in [3.63, 3.8) is 0 Å². The number of carbonyl (C=O) groups is 2. The van der Waals surface area contributed by atoms with Crippen molar-refractivity contribution in [1.29, 1.82) is 0 Å². The van der Waals surface area contributed by atoms with Gasteiger partial charge in [-0.15, -0.1) is 0 Å². The average Bonchev–Trinajstić information content (AvgIpc) is 3.00. The van der Waals surface area contributed by atoms with Crippen molar-refractivity contribution >= 4 is 23.3 Å². The number of amides is 3. The maximum Gasteiger partial charge on any atom is 0.329 e. The fourth-order valence-electron chi connectivity index (χ4n) is 2.49. The van der Waals surface area contributed by atoms with Gasteiger partial charge in [0, 0.05) is 18.8 Å². The Morgan fingerprint density at radius 2 is 1.78 bits per heavy atom. The molecule has 1 N–H and O–H groups in total. The highest BCUT2D eigenvalue weighted by Crippen LogP contribution is 2.26. The molecular weight excluding hydrogens is 230 g/mol. The van der Waals surface area contributed by atoms with Crippen molar-refractivity contribution in [3.8, 4) is 0 Å². The van der Waals surface area contributed by atoms with Gasteiger partial charge < -0.3 is 10.2 Å². The van der Waals surface area contributed by atoms with Crippen LogP contribution in [0.25, 0.3) is 0 Å². The van der Waals surface area contributed by atoms with E-state index < -0.39 is 0 Å². The molecule has 0 atom stereocenters. The third kappa shape index (κ3) is 1.81. The zero-order valence-corrected chi connectivity index (χ0v) is 10.1. The second kappa shape index (κ2) is 4.33. The van der Waals surface area contributed by atoms with Gasteiger partial charge in [-0.05, 0) is 31.0 Å². The lowest BCUT2D eigenvalue weighted by molar-refractivity contribution is -0.115. The van der Waals surface area contributed by atoms with E-state index in [1.54, 1.807) is 6.07 Å². The quantitative estimate of drug-likeness (QED) is 0.800. The highest BCUT2D eigenvalue weighted by atomic mass is 16.2. The first-order valence-electron chi connectivity index (χ1n) is 6.21. The van der Waals surface area contributed by atoms with E-state index in [4.69, 9.17) is 0 Å². The number of carbonyl (C=O) groups excluding carboxylic acids is 2. The molecule has 0 aliphatic carbocycles. The Labute approximate surface area is 105 Å². The second-order valence-corrected chi connectivity index (χ2v) is 4.60. The largest absolute Gasteiger partial charge is 0.371 e. The van der Waals surface area contributed by atoms with Gasteiger partial charge in [0.1, 0.15) is 0 Å². The summed E-state index contributed by atoms with van der Waals surface area (Å²) in [5.74, 6) is -0.196. The van der Waals surface area contributed by atoms with E-state index in [0.29, 0.717) is 5.69 Å². The molecule has 2 aliphatic heterocycles. The van der Waals surface area contributed by atoms with Crippen LogP contribution >= 0.6 is 0 Å². The highest BCUT2D eigenvalue weighted by Gasteiger charge is 2.30. The molecule has 0 radical (unpaired) electrons. The van der Waals surface area contributed by atoms with Crippen LogP contribution < -0.4 is 15.1 Å². The van der Waals surface area contributed by atoms with Gasteiger partial charge in [-0.25, -0.2) is 9.69 Å². The Balaban J connectivity index is 1.90. The summed E-state index contributed by atoms with van der Waals surface area (Å²) < 4.78 is 0. The van der Waals surface area contributed by atoms with Crippen molar-refractivity contribution in [2.45, 2.75) is 12.8 Å². The number of anilines is 2. The van der Waals surface area contributed by atoms with Gasteiger partial charge in [0.2, 0.25) is 0 Å². The average molecular weight is 245 g/mol. The Morgan fingerprint density at radius 1 is 1.06 bits per heavy atom. The van der Waals surface area contributed by atoms with Gasteiger partial charge in [0.25, 0.3) is 5.91 Å². The number of urea groups is 1. The van der Waals surface area contributed by atoms with Crippen LogP contribution in [0.1, 0.15) is 12.8 Å². The van der Waals surface area contributed by atoms with E-state index in [0.717, 1.165) is 18.8 Å². The van der Waals surface area contributed by atoms with Crippen molar-refractivity contribution in [1.82, 2.24) is 5.32 Å². The van der Waals surface area contributed by atoms with Crippen molar-refractivity contribution in [3.05, 3.63) is 24.3 Å². The molecule has 0 saturated carbocycles. The smallest absolute Gasteiger partial charge is 0.329 e. The summed E-state index contributed by atoms with van der Waals surface area (Å²) in [5.41, 5.74) is 1.73. The predicted molar refractivity (Wildman–Crippen MR) is 68.8 cm³/mol. The van der Waals surface area contributed by atoms with Crippen molar-refractivity contribution in [2.24, 2.45) is 0 Å². The normalized spacial score (nSPS) is 19.6. The third-order valence-electron chi connectivity index (χ3n) is 3.40. The number of nitrogens with one attached hydrogen (secondary N) is 1. The minimum atomic E-state index is -0.335. The molecule has 2 aliphatic rings. The molecule has 3 rings (SSSR count). The fourth-order valence-corrected chi connectivity index (χ4v) is 2.49. The molecule has 94 valence electrons. The summed E-state index contributed by atoms with van der Waals surface area (Å²) >= 11 is 0. The Kier molecular flexibility index (Phi) is 2.66. The molecule has 0 spiro atoms. The van der Waals surface area contributed by atoms with Crippen LogP contribution in [0.5, 0.6) is 0 Å². The van der Waals surface area contributed by atoms with E-state index in [1.807, 2.05) is 18.2 Å². The predicted octanol–water partition coefficient (Wildman–Crippen LogP) is 1.34. The molecule has 1 aromatic carbocycles. The first-order valence-corrected chi connectivity index (χ1v) is 6.21. The minimum absolute atomic E-state index is 0.0901. The van der Waals surface area contributed by atoms with Crippen LogP contribution in [0.3, 0.4) is 0 Å². The van der Waals surface area contributed by atoms with E-state index in [1.165, 1.54) is 17.7 Å². The number of rotatable bonds is 2. The van der Waals surface area contributed by atoms with Crippen LogP contribution in [0.15, 0.2) is 24.3 Å². The van der Waals surface area contributed by atoms with Gasteiger partial charge in [0.15, 0.2) is 0 Å². The molecule has 2 saturated heterocycles. The summed E-state index contributed by atoms with van der Waals surface area (Å²) in [4.78, 5) is 26.7. The first-order chi connectivity index (χ1) is 8.75. The molecule has 3 amide bonds. The van der Waals surface area contributed by atoms with Crippen molar-refractivity contribution in [2.75, 3.05) is 29.4 Å². The maximum absolute atomic E-state index is 11.6. The summed E-state index contributed by atoms with van der Waals surface area (Å²) in [5, 5.41) is 2.53. The summed E-state index contributed by atoms with van der Waals surface area (Å²) in [6.45, 7) is 2.18. The van der Waals surface area contributed by atoms with Gasteiger partial charge in [0.05, 0.1) is 12.2 Å². The minimum Gasteiger partial charge on any atom is -0.371 e. The van der Waals surface area contributed by atoms with E-state index in [2.05, 4.69) is 10.2 Å². The Hall–Kier alpha value is -2.04. The number of hydrogen-bond donors (Lipinski definition) is 1. The number of imide groups is 1. The summed E-state index contributed by atoms with van der Waals surface area (Å²) in [6, 6.07) is 7.28. The lowest BCUT2D eigenvalue weighted by atomic mass is 10.2. The lowest BCUT2D eigenvalue weighted by Crippen LogP contribution is -2.30. The Bertz CT molecular complexity index is 479. The lowest BCUT2D eigenvalue weighted by Gasteiger charge is -2.20. The number of benzene rings is 1. The maximum atomic E-state index is 11.6. The fraction of sp³-hybridized carbons (Fsp3) is 0.385. The van der Waals surface area contributed by atoms with E-state index in [-0.39, 0.29) is 18.5 Å². The van der Waals surface area contributed by atoms with Gasteiger partial charge in [-0.1, -0.05) is 6.07 Å². The van der Waals surface area contributed by atoms with Gasteiger partial charge in [-0.3, -0.25) is 4.79 Å². The van der Waals surface area contributed by atoms with Crippen molar-refractivity contribution < 1.29 is 9.59 Å². The monoisotopic (exact) mass is 245 g/mol. The summed E-state index contributed by atoms with van der Waals surface area (Å²) in [7, 11) is 0. The topological polar surface area (TPSA) is 52.7 Å². The zero-order valence-electron chi connectivity index (χ0n) is 10.1. The Morgan fingerprint density at radius 3 is 2.44 bits per heavy atom. The number of hydrogen-bond acceptors (Lipinski definition) is 3. The van der Waals surface area contributed by atoms with Gasteiger partial charge in [-0.2, -0.15) is 0 Å². The van der Waals surface area contributed by atoms with E-state index >= 15 is 0 Å². The standard InChI is InChI=1S/C13H15N3O2/c17-12-9-14-13(18)16(12)11-5-3-4-10(8-11)15-6-1-2-7-15/h3-5,8H,1-2,6-7,9H2,(H,14,18). The first kappa shape index (κ1) is 11.1. The molecule has 0 unspecified atom stereocenters. The second-order valence-electron chi connectivity index (χ2n) is 4.60. The highest BCUT2D eigenvalue weighted by molar-refractivity contribution is 6.19. The molecule has 1 aromatic rings. The molecule has 0 aromatic heterocycles. The molecule has 5 nitrogen and oxygen atoms in total. The van der Waals surface area contributed by atoms with Crippen LogP contribution in [-0.2, 0) is 4.79 Å². The van der Waals surface area contributed by atoms with Crippen LogP contribution in [0.2, 0.25) is 0 Å². The molecular formula is C13H15N3O2. The van der Waals surface area contributed by atoms with Gasteiger partial charge >= 0.3 is 6.03 Å². The number of nitrogens with zero attached hydrogens (tertiary/aromatic N) is 2. The van der Waals surface area contributed by atoms with Crippen LogP contribution in [-0.4, -0.2) is 31.6 Å². The molecule has 18 heavy (non-hydrogen) atoms. The van der Waals surface area contributed by atoms with E-state index in [9.17, 15) is 9.59 Å². The van der Waals surface area contributed by atoms with Crippen LogP contribution in [0, 0.1) is 0 Å². The molecule has 5 heteroatoms. The molecule has 2 fully saturated rings. The summed E-state index contributed by atoms with van der Waals surface area (Å²) in [6.07, 6.45) is 2.40. The zero-order chi connectivity index (χ0) is 12.5. The molecule has 2 heterocycles. The third-order valence-corrected chi connectivity index (χ3v) is 3.40. The molecule has 0 bridgehead atoms. The van der Waals surface area contributed by atoms with Crippen LogP contribution in [0.4, 0.5) is 16.2 Å².